The molecule has 9 nitrogen and oxygen atoms in total. The third kappa shape index (κ3) is 4.72. The molecule has 2 heterocycles. The number of sulfonamides is 1. The van der Waals surface area contributed by atoms with Gasteiger partial charge in [0.15, 0.2) is 6.10 Å². The molecule has 2 N–H and O–H groups in total. The van der Waals surface area contributed by atoms with Crippen molar-refractivity contribution in [2.75, 3.05) is 18.4 Å². The number of amides is 1. The van der Waals surface area contributed by atoms with Gasteiger partial charge in [-0.15, -0.1) is 0 Å². The fourth-order valence-corrected chi connectivity index (χ4v) is 4.41. The summed E-state index contributed by atoms with van der Waals surface area (Å²) in [5, 5.41) is 2.55. The van der Waals surface area contributed by atoms with Crippen molar-refractivity contribution in [3.05, 3.63) is 58.5 Å². The van der Waals surface area contributed by atoms with Gasteiger partial charge in [-0.25, -0.2) is 13.2 Å². The molecule has 1 amide bonds. The largest absolute Gasteiger partial charge is 0.449 e. The molecule has 1 fully saturated rings. The van der Waals surface area contributed by atoms with Gasteiger partial charge in [-0.3, -0.25) is 9.59 Å². The highest BCUT2D eigenvalue weighted by Gasteiger charge is 2.27. The summed E-state index contributed by atoms with van der Waals surface area (Å²) in [6.07, 6.45) is 1.91. The number of ether oxygens (including phenoxy) is 1. The maximum atomic E-state index is 12.5. The minimum atomic E-state index is -3.53. The molecule has 0 aliphatic carbocycles. The Morgan fingerprint density at radius 3 is 2.41 bits per heavy atom. The number of nitrogens with one attached hydrogen (secondary N) is 2. The second-order valence-electron chi connectivity index (χ2n) is 6.59. The van der Waals surface area contributed by atoms with E-state index in [4.69, 9.17) is 4.74 Å². The van der Waals surface area contributed by atoms with Crippen LogP contribution in [0.4, 0.5) is 5.69 Å². The Morgan fingerprint density at radius 2 is 1.79 bits per heavy atom. The first kappa shape index (κ1) is 20.7. The van der Waals surface area contributed by atoms with Crippen LogP contribution in [0.5, 0.6) is 0 Å². The molecule has 1 aromatic carbocycles. The summed E-state index contributed by atoms with van der Waals surface area (Å²) in [6, 6.07) is 8.55. The van der Waals surface area contributed by atoms with Crippen molar-refractivity contribution in [3.63, 3.8) is 0 Å². The van der Waals surface area contributed by atoms with Gasteiger partial charge in [-0.2, -0.15) is 4.31 Å². The fraction of sp³-hybridized carbons (Fsp3) is 0.316. The number of carbonyl (C=O) groups excluding carboxylic acids is 2. The van der Waals surface area contributed by atoms with Gasteiger partial charge in [0, 0.05) is 25.0 Å². The predicted octanol–water partition coefficient (Wildman–Crippen LogP) is 1.34. The minimum Gasteiger partial charge on any atom is -0.449 e. The molecule has 154 valence electrons. The molecule has 3 rings (SSSR count). The summed E-state index contributed by atoms with van der Waals surface area (Å²) in [6.45, 7) is 2.39. The standard InChI is InChI=1S/C19H21N3O6S/c1-13(28-19(25)16-5-4-10-20-18(16)24)17(23)21-14-6-8-15(9-7-14)29(26,27)22-11-2-3-12-22/h4-10,13H,2-3,11-12H2,1H3,(H,20,24)(H,21,23)/t13-/m1/s1. The topological polar surface area (TPSA) is 126 Å². The lowest BCUT2D eigenvalue weighted by Crippen LogP contribution is -2.31. The number of anilines is 1. The maximum absolute atomic E-state index is 12.5. The third-order valence-electron chi connectivity index (χ3n) is 4.52. The lowest BCUT2D eigenvalue weighted by atomic mass is 10.2. The molecule has 1 aliphatic heterocycles. The molecule has 1 saturated heterocycles. The number of hydrogen-bond acceptors (Lipinski definition) is 6. The van der Waals surface area contributed by atoms with Gasteiger partial charge in [0.05, 0.1) is 4.90 Å². The van der Waals surface area contributed by atoms with Crippen LogP contribution in [0.3, 0.4) is 0 Å². The van der Waals surface area contributed by atoms with E-state index in [1.807, 2.05) is 0 Å². The molecule has 29 heavy (non-hydrogen) atoms. The molecule has 1 atom stereocenters. The molecule has 2 aromatic rings. The van der Waals surface area contributed by atoms with E-state index in [9.17, 15) is 22.8 Å². The summed E-state index contributed by atoms with van der Waals surface area (Å²) in [4.78, 5) is 38.4. The summed E-state index contributed by atoms with van der Waals surface area (Å²) in [5.41, 5.74) is -0.459. The number of H-pyrrole nitrogens is 1. The number of aromatic amines is 1. The molecule has 0 spiro atoms. The van der Waals surface area contributed by atoms with E-state index in [1.54, 1.807) is 0 Å². The molecule has 0 saturated carbocycles. The molecule has 0 unspecified atom stereocenters. The quantitative estimate of drug-likeness (QED) is 0.681. The lowest BCUT2D eigenvalue weighted by molar-refractivity contribution is -0.123. The molecular formula is C19H21N3O6S. The normalized spacial score (nSPS) is 15.6. The van der Waals surface area contributed by atoms with Crippen LogP contribution < -0.4 is 10.9 Å². The van der Waals surface area contributed by atoms with Gasteiger partial charge < -0.3 is 15.0 Å². The first-order chi connectivity index (χ1) is 13.8. The highest BCUT2D eigenvalue weighted by atomic mass is 32.2. The second-order valence-corrected chi connectivity index (χ2v) is 8.52. The van der Waals surface area contributed by atoms with Gasteiger partial charge in [0.1, 0.15) is 5.56 Å². The van der Waals surface area contributed by atoms with Crippen molar-refractivity contribution in [1.82, 2.24) is 9.29 Å². The number of carbonyl (C=O) groups is 2. The Kier molecular flexibility index (Phi) is 6.14. The van der Waals surface area contributed by atoms with Crippen LogP contribution in [0.2, 0.25) is 0 Å². The Bertz CT molecular complexity index is 1060. The van der Waals surface area contributed by atoms with Crippen molar-refractivity contribution < 1.29 is 22.7 Å². The fourth-order valence-electron chi connectivity index (χ4n) is 2.89. The van der Waals surface area contributed by atoms with E-state index in [0.29, 0.717) is 18.8 Å². The SMILES string of the molecule is C[C@@H](OC(=O)c1ccc[nH]c1=O)C(=O)Nc1ccc(S(=O)(=O)N2CCCC2)cc1. The zero-order valence-corrected chi connectivity index (χ0v) is 16.6. The number of benzene rings is 1. The summed E-state index contributed by atoms with van der Waals surface area (Å²) < 4.78 is 31.5. The number of aromatic nitrogens is 1. The van der Waals surface area contributed by atoms with Crippen LogP contribution >= 0.6 is 0 Å². The molecule has 10 heteroatoms. The summed E-state index contributed by atoms with van der Waals surface area (Å²) in [7, 11) is -3.53. The van der Waals surface area contributed by atoms with E-state index in [2.05, 4.69) is 10.3 Å². The van der Waals surface area contributed by atoms with Crippen LogP contribution in [-0.2, 0) is 19.6 Å². The Balaban J connectivity index is 1.62. The van der Waals surface area contributed by atoms with Gasteiger partial charge in [0.25, 0.3) is 11.5 Å². The van der Waals surface area contributed by atoms with Gasteiger partial charge >= 0.3 is 5.97 Å². The monoisotopic (exact) mass is 419 g/mol. The minimum absolute atomic E-state index is 0.153. The average Bonchev–Trinajstić information content (AvgIpc) is 3.24. The Hall–Kier alpha value is -2.98. The van der Waals surface area contributed by atoms with Crippen molar-refractivity contribution >= 4 is 27.6 Å². The first-order valence-electron chi connectivity index (χ1n) is 9.09. The molecule has 1 aromatic heterocycles. The van der Waals surface area contributed by atoms with Crippen LogP contribution in [0.25, 0.3) is 0 Å². The van der Waals surface area contributed by atoms with Crippen LogP contribution in [0, 0.1) is 0 Å². The van der Waals surface area contributed by atoms with E-state index in [0.717, 1.165) is 12.8 Å². The number of esters is 1. The third-order valence-corrected chi connectivity index (χ3v) is 6.43. The first-order valence-corrected chi connectivity index (χ1v) is 10.5. The number of nitrogens with zero attached hydrogens (tertiary/aromatic N) is 1. The van der Waals surface area contributed by atoms with Crippen molar-refractivity contribution in [2.24, 2.45) is 0 Å². The number of rotatable bonds is 6. The van der Waals surface area contributed by atoms with Gasteiger partial charge in [-0.1, -0.05) is 0 Å². The van der Waals surface area contributed by atoms with Gasteiger partial charge in [0.2, 0.25) is 10.0 Å². The van der Waals surface area contributed by atoms with Crippen LogP contribution in [0.1, 0.15) is 30.1 Å². The highest BCUT2D eigenvalue weighted by Crippen LogP contribution is 2.22. The summed E-state index contributed by atoms with van der Waals surface area (Å²) in [5.74, 6) is -1.53. The van der Waals surface area contributed by atoms with Crippen molar-refractivity contribution in [1.29, 1.82) is 0 Å². The molecule has 0 radical (unpaired) electrons. The number of hydrogen-bond donors (Lipinski definition) is 2. The Morgan fingerprint density at radius 1 is 1.14 bits per heavy atom. The molecule has 0 bridgehead atoms. The zero-order chi connectivity index (χ0) is 21.0. The number of pyridine rings is 1. The van der Waals surface area contributed by atoms with E-state index >= 15 is 0 Å². The summed E-state index contributed by atoms with van der Waals surface area (Å²) >= 11 is 0. The second kappa shape index (κ2) is 8.58. The zero-order valence-electron chi connectivity index (χ0n) is 15.8. The van der Waals surface area contributed by atoms with Crippen molar-refractivity contribution in [3.8, 4) is 0 Å². The molecular weight excluding hydrogens is 398 g/mol. The van der Waals surface area contributed by atoms with Crippen LogP contribution in [0.15, 0.2) is 52.3 Å². The molecule has 1 aliphatic rings. The smallest absolute Gasteiger partial charge is 0.344 e. The Labute approximate surface area is 167 Å². The average molecular weight is 419 g/mol. The van der Waals surface area contributed by atoms with Crippen LogP contribution in [-0.4, -0.2) is 48.8 Å². The maximum Gasteiger partial charge on any atom is 0.344 e. The van der Waals surface area contributed by atoms with E-state index in [1.165, 1.54) is 53.8 Å². The van der Waals surface area contributed by atoms with Gasteiger partial charge in [-0.05, 0) is 56.2 Å². The highest BCUT2D eigenvalue weighted by molar-refractivity contribution is 7.89. The predicted molar refractivity (Wildman–Crippen MR) is 105 cm³/mol. The lowest BCUT2D eigenvalue weighted by Gasteiger charge is -2.16. The van der Waals surface area contributed by atoms with E-state index in [-0.39, 0.29) is 10.5 Å². The van der Waals surface area contributed by atoms with Crippen molar-refractivity contribution in [2.45, 2.75) is 30.8 Å². The van der Waals surface area contributed by atoms with E-state index < -0.39 is 33.6 Å².